The van der Waals surface area contributed by atoms with E-state index in [1.54, 1.807) is 0 Å². The molecule has 0 radical (unpaired) electrons. The number of benzene rings is 2. The summed E-state index contributed by atoms with van der Waals surface area (Å²) in [5.41, 5.74) is 2.72. The van der Waals surface area contributed by atoms with Crippen LogP contribution in [-0.4, -0.2) is 44.4 Å². The molecular weight excluding hydrogens is 348 g/mol. The molecule has 0 spiro atoms. The minimum absolute atomic E-state index is 0.0655. The number of hydrogen-bond donors (Lipinski definition) is 1. The Kier molecular flexibility index (Phi) is 5.84. The molecule has 28 heavy (non-hydrogen) atoms. The quantitative estimate of drug-likeness (QED) is 0.717. The highest BCUT2D eigenvalue weighted by Crippen LogP contribution is 2.30. The third-order valence-electron chi connectivity index (χ3n) is 5.86. The van der Waals surface area contributed by atoms with Gasteiger partial charge in [-0.1, -0.05) is 60.7 Å². The average Bonchev–Trinajstić information content (AvgIpc) is 3.14. The van der Waals surface area contributed by atoms with Gasteiger partial charge >= 0.3 is 0 Å². The Morgan fingerprint density at radius 2 is 1.64 bits per heavy atom. The smallest absolute Gasteiger partial charge is 0.158 e. The molecule has 1 N–H and O–H groups in total. The SMILES string of the molecule is Cn1c(CO)nnc1[C@@H]1CCCN(CC(c2ccccc2)c2ccccc2)C1. The maximum atomic E-state index is 9.42. The number of hydrogen-bond acceptors (Lipinski definition) is 4. The summed E-state index contributed by atoms with van der Waals surface area (Å²) in [5.74, 6) is 2.34. The molecule has 1 aliphatic heterocycles. The first-order valence-electron chi connectivity index (χ1n) is 10.1. The zero-order chi connectivity index (χ0) is 19.3. The number of aromatic nitrogens is 3. The molecular formula is C23H28N4O. The lowest BCUT2D eigenvalue weighted by Crippen LogP contribution is -2.38. The molecule has 1 aromatic heterocycles. The first-order chi connectivity index (χ1) is 13.8. The molecule has 1 saturated heterocycles. The van der Waals surface area contributed by atoms with Crippen LogP contribution in [0.25, 0.3) is 0 Å². The van der Waals surface area contributed by atoms with Gasteiger partial charge < -0.3 is 14.6 Å². The number of piperidine rings is 1. The molecule has 2 heterocycles. The number of likely N-dealkylation sites (tertiary alicyclic amines) is 1. The van der Waals surface area contributed by atoms with E-state index in [1.165, 1.54) is 11.1 Å². The van der Waals surface area contributed by atoms with Gasteiger partial charge in [-0.15, -0.1) is 10.2 Å². The van der Waals surface area contributed by atoms with Crippen LogP contribution in [0.1, 0.15) is 47.5 Å². The van der Waals surface area contributed by atoms with Gasteiger partial charge in [0.05, 0.1) is 0 Å². The van der Waals surface area contributed by atoms with Crippen LogP contribution in [0.3, 0.4) is 0 Å². The fourth-order valence-electron chi connectivity index (χ4n) is 4.33. The van der Waals surface area contributed by atoms with Crippen LogP contribution in [0.15, 0.2) is 60.7 Å². The highest BCUT2D eigenvalue weighted by Gasteiger charge is 2.28. The fourth-order valence-corrected chi connectivity index (χ4v) is 4.33. The minimum Gasteiger partial charge on any atom is -0.388 e. The molecule has 3 aromatic rings. The molecule has 4 rings (SSSR count). The van der Waals surface area contributed by atoms with Crippen molar-refractivity contribution in [3.8, 4) is 0 Å². The van der Waals surface area contributed by atoms with Crippen LogP contribution in [-0.2, 0) is 13.7 Å². The van der Waals surface area contributed by atoms with Crippen LogP contribution in [0.4, 0.5) is 0 Å². The first-order valence-corrected chi connectivity index (χ1v) is 10.1. The van der Waals surface area contributed by atoms with Crippen molar-refractivity contribution in [2.45, 2.75) is 31.3 Å². The minimum atomic E-state index is -0.0655. The Balaban J connectivity index is 1.54. The third-order valence-corrected chi connectivity index (χ3v) is 5.86. The molecule has 1 fully saturated rings. The topological polar surface area (TPSA) is 54.2 Å². The highest BCUT2D eigenvalue weighted by atomic mass is 16.3. The second-order valence-electron chi connectivity index (χ2n) is 7.66. The second-order valence-corrected chi connectivity index (χ2v) is 7.66. The van der Waals surface area contributed by atoms with Crippen molar-refractivity contribution in [3.05, 3.63) is 83.4 Å². The molecule has 1 aliphatic rings. The van der Waals surface area contributed by atoms with Gasteiger partial charge in [0.15, 0.2) is 5.82 Å². The lowest BCUT2D eigenvalue weighted by Gasteiger charge is -2.35. The van der Waals surface area contributed by atoms with Gasteiger partial charge in [0, 0.05) is 32.0 Å². The van der Waals surface area contributed by atoms with Crippen molar-refractivity contribution in [1.82, 2.24) is 19.7 Å². The average molecular weight is 377 g/mol. The van der Waals surface area contributed by atoms with Crippen LogP contribution in [0, 0.1) is 0 Å². The summed E-state index contributed by atoms with van der Waals surface area (Å²) in [7, 11) is 1.95. The van der Waals surface area contributed by atoms with Gasteiger partial charge in [0.1, 0.15) is 12.4 Å². The normalized spacial score (nSPS) is 17.9. The molecule has 0 saturated carbocycles. The monoisotopic (exact) mass is 376 g/mol. The summed E-state index contributed by atoms with van der Waals surface area (Å²) in [6.45, 7) is 3.02. The maximum Gasteiger partial charge on any atom is 0.158 e. The molecule has 5 heteroatoms. The van der Waals surface area contributed by atoms with E-state index in [4.69, 9.17) is 0 Å². The molecule has 0 bridgehead atoms. The number of nitrogens with zero attached hydrogens (tertiary/aromatic N) is 4. The Morgan fingerprint density at radius 3 is 2.21 bits per heavy atom. The van der Waals surface area contributed by atoms with Crippen molar-refractivity contribution < 1.29 is 5.11 Å². The predicted molar refractivity (Wildman–Crippen MR) is 110 cm³/mol. The van der Waals surface area contributed by atoms with E-state index in [2.05, 4.69) is 75.8 Å². The van der Waals surface area contributed by atoms with Gasteiger partial charge in [0.25, 0.3) is 0 Å². The van der Waals surface area contributed by atoms with Gasteiger partial charge in [0.2, 0.25) is 0 Å². The number of aliphatic hydroxyl groups is 1. The Morgan fingerprint density at radius 1 is 1.00 bits per heavy atom. The van der Waals surface area contributed by atoms with E-state index in [1.807, 2.05) is 11.6 Å². The second kappa shape index (κ2) is 8.67. The largest absolute Gasteiger partial charge is 0.388 e. The number of aliphatic hydroxyl groups excluding tert-OH is 1. The van der Waals surface area contributed by atoms with Crippen LogP contribution in [0.2, 0.25) is 0 Å². The van der Waals surface area contributed by atoms with Crippen molar-refractivity contribution in [2.24, 2.45) is 7.05 Å². The summed E-state index contributed by atoms with van der Waals surface area (Å²) in [5, 5.41) is 17.9. The fraction of sp³-hybridized carbons (Fsp3) is 0.391. The molecule has 0 aliphatic carbocycles. The van der Waals surface area contributed by atoms with Gasteiger partial charge in [-0.05, 0) is 30.5 Å². The summed E-state index contributed by atoms with van der Waals surface area (Å²) in [6.07, 6.45) is 2.28. The summed E-state index contributed by atoms with van der Waals surface area (Å²) in [4.78, 5) is 2.56. The lowest BCUT2D eigenvalue weighted by atomic mass is 9.89. The summed E-state index contributed by atoms with van der Waals surface area (Å²) < 4.78 is 1.96. The van der Waals surface area contributed by atoms with E-state index in [0.717, 1.165) is 38.3 Å². The van der Waals surface area contributed by atoms with E-state index in [9.17, 15) is 5.11 Å². The van der Waals surface area contributed by atoms with Crippen molar-refractivity contribution in [2.75, 3.05) is 19.6 Å². The molecule has 0 unspecified atom stereocenters. The van der Waals surface area contributed by atoms with Crippen LogP contribution in [0.5, 0.6) is 0 Å². The molecule has 146 valence electrons. The van der Waals surface area contributed by atoms with E-state index < -0.39 is 0 Å². The third kappa shape index (κ3) is 4.01. The van der Waals surface area contributed by atoms with E-state index in [-0.39, 0.29) is 6.61 Å². The zero-order valence-corrected chi connectivity index (χ0v) is 16.4. The standard InChI is InChI=1S/C23H28N4O/c1-26-22(17-28)24-25-23(26)20-13-8-14-27(15-20)16-21(18-9-4-2-5-10-18)19-11-6-3-7-12-19/h2-7,9-12,20-21,28H,8,13-17H2,1H3/t20-/m1/s1. The van der Waals surface area contributed by atoms with E-state index >= 15 is 0 Å². The van der Waals surface area contributed by atoms with Crippen molar-refractivity contribution in [3.63, 3.8) is 0 Å². The summed E-state index contributed by atoms with van der Waals surface area (Å²) >= 11 is 0. The molecule has 2 aromatic carbocycles. The summed E-state index contributed by atoms with van der Waals surface area (Å²) in [6, 6.07) is 21.6. The zero-order valence-electron chi connectivity index (χ0n) is 16.4. The van der Waals surface area contributed by atoms with Gasteiger partial charge in [-0.25, -0.2) is 0 Å². The maximum absolute atomic E-state index is 9.42. The Bertz CT molecular complexity index is 839. The van der Waals surface area contributed by atoms with Crippen molar-refractivity contribution in [1.29, 1.82) is 0 Å². The molecule has 5 nitrogen and oxygen atoms in total. The van der Waals surface area contributed by atoms with Crippen LogP contribution >= 0.6 is 0 Å². The number of rotatable bonds is 6. The molecule has 1 atom stereocenters. The molecule has 0 amide bonds. The predicted octanol–water partition coefficient (Wildman–Crippen LogP) is 3.32. The Labute approximate surface area is 166 Å². The van der Waals surface area contributed by atoms with E-state index in [0.29, 0.717) is 17.7 Å². The van der Waals surface area contributed by atoms with Crippen LogP contribution < -0.4 is 0 Å². The lowest BCUT2D eigenvalue weighted by molar-refractivity contribution is 0.197. The highest BCUT2D eigenvalue weighted by molar-refractivity contribution is 5.32. The Hall–Kier alpha value is -2.50. The van der Waals surface area contributed by atoms with Gasteiger partial charge in [-0.3, -0.25) is 0 Å². The first kappa shape index (κ1) is 18.8. The van der Waals surface area contributed by atoms with Crippen molar-refractivity contribution >= 4 is 0 Å². The van der Waals surface area contributed by atoms with Gasteiger partial charge in [-0.2, -0.15) is 0 Å².